The molecular formula is C22H27FN4O3. The molecular weight excluding hydrogens is 387 g/mol. The van der Waals surface area contributed by atoms with E-state index in [1.807, 2.05) is 24.3 Å². The minimum absolute atomic E-state index is 0.181. The first-order chi connectivity index (χ1) is 14.5. The lowest BCUT2D eigenvalue weighted by molar-refractivity contribution is 0.119. The summed E-state index contributed by atoms with van der Waals surface area (Å²) in [4.78, 5) is 26.6. The Bertz CT molecular complexity index is 867. The fourth-order valence-corrected chi connectivity index (χ4v) is 3.59. The minimum atomic E-state index is -1.35. The number of hydrogen-bond donors (Lipinski definition) is 3. The van der Waals surface area contributed by atoms with Crippen LogP contribution in [0.3, 0.4) is 0 Å². The van der Waals surface area contributed by atoms with E-state index in [2.05, 4.69) is 5.32 Å². The van der Waals surface area contributed by atoms with Crippen LogP contribution in [0.15, 0.2) is 48.5 Å². The van der Waals surface area contributed by atoms with Gasteiger partial charge in [-0.1, -0.05) is 24.3 Å². The minimum Gasteiger partial charge on any atom is -0.465 e. The molecule has 7 nitrogen and oxygen atoms in total. The average Bonchev–Trinajstić information content (AvgIpc) is 2.73. The number of piperidine rings is 1. The standard InChI is InChI=1S/C22H27FN4O3/c23-18-3-1-2-17(14-18)15-27(22(29)30)21(28)26-12-9-20(10-13-26)25-19-6-4-16(5-7-19)8-11-24/h1-7,14,20,25H,8-13,15,24H2,(H,29,30). The van der Waals surface area contributed by atoms with Crippen LogP contribution in [0.25, 0.3) is 0 Å². The van der Waals surface area contributed by atoms with E-state index < -0.39 is 17.9 Å². The molecule has 4 N–H and O–H groups in total. The van der Waals surface area contributed by atoms with Crippen LogP contribution < -0.4 is 11.1 Å². The first kappa shape index (κ1) is 21.6. The Kier molecular flexibility index (Phi) is 7.24. The molecule has 2 aromatic carbocycles. The summed E-state index contributed by atoms with van der Waals surface area (Å²) in [7, 11) is 0. The van der Waals surface area contributed by atoms with Crippen LogP contribution in [0.1, 0.15) is 24.0 Å². The number of hydrogen-bond acceptors (Lipinski definition) is 4. The lowest BCUT2D eigenvalue weighted by atomic mass is 10.0. The molecule has 0 saturated carbocycles. The maximum Gasteiger partial charge on any atom is 0.415 e. The highest BCUT2D eigenvalue weighted by atomic mass is 19.1. The first-order valence-electron chi connectivity index (χ1n) is 10.1. The van der Waals surface area contributed by atoms with Crippen molar-refractivity contribution in [1.29, 1.82) is 0 Å². The van der Waals surface area contributed by atoms with Crippen molar-refractivity contribution >= 4 is 17.8 Å². The quantitative estimate of drug-likeness (QED) is 0.672. The molecule has 0 radical (unpaired) electrons. The van der Waals surface area contributed by atoms with Gasteiger partial charge in [-0.3, -0.25) is 0 Å². The Morgan fingerprint density at radius 3 is 2.43 bits per heavy atom. The van der Waals surface area contributed by atoms with Gasteiger partial charge in [0, 0.05) is 24.8 Å². The Morgan fingerprint density at radius 2 is 1.83 bits per heavy atom. The van der Waals surface area contributed by atoms with E-state index in [1.54, 1.807) is 6.07 Å². The monoisotopic (exact) mass is 414 g/mol. The van der Waals surface area contributed by atoms with Gasteiger partial charge in [-0.2, -0.15) is 0 Å². The fourth-order valence-electron chi connectivity index (χ4n) is 3.59. The highest BCUT2D eigenvalue weighted by Gasteiger charge is 2.29. The van der Waals surface area contributed by atoms with Gasteiger partial charge >= 0.3 is 12.1 Å². The van der Waals surface area contributed by atoms with Crippen molar-refractivity contribution in [3.05, 3.63) is 65.5 Å². The van der Waals surface area contributed by atoms with Crippen LogP contribution >= 0.6 is 0 Å². The second kappa shape index (κ2) is 10.1. The predicted molar refractivity (Wildman–Crippen MR) is 113 cm³/mol. The van der Waals surface area contributed by atoms with Crippen LogP contribution in [0, 0.1) is 5.82 Å². The smallest absolute Gasteiger partial charge is 0.415 e. The topological polar surface area (TPSA) is 98.9 Å². The molecule has 2 aromatic rings. The molecule has 1 saturated heterocycles. The number of carbonyl (C=O) groups excluding carboxylic acids is 1. The zero-order chi connectivity index (χ0) is 21.5. The largest absolute Gasteiger partial charge is 0.465 e. The number of nitrogens with two attached hydrogens (primary N) is 1. The number of benzene rings is 2. The van der Waals surface area contributed by atoms with E-state index in [4.69, 9.17) is 5.73 Å². The Labute approximate surface area is 175 Å². The van der Waals surface area contributed by atoms with Gasteiger partial charge in [0.1, 0.15) is 5.82 Å². The van der Waals surface area contributed by atoms with Gasteiger partial charge in [0.25, 0.3) is 0 Å². The molecule has 1 aliphatic heterocycles. The van der Waals surface area contributed by atoms with Crippen LogP contribution in [0.4, 0.5) is 19.7 Å². The van der Waals surface area contributed by atoms with Crippen molar-refractivity contribution in [3.8, 4) is 0 Å². The Morgan fingerprint density at radius 1 is 1.13 bits per heavy atom. The predicted octanol–water partition coefficient (Wildman–Crippen LogP) is 3.50. The number of anilines is 1. The van der Waals surface area contributed by atoms with Gasteiger partial charge in [-0.15, -0.1) is 0 Å². The van der Waals surface area contributed by atoms with Crippen LogP contribution in [0.2, 0.25) is 0 Å². The molecule has 0 spiro atoms. The number of nitrogens with zero attached hydrogens (tertiary/aromatic N) is 2. The molecule has 8 heteroatoms. The maximum atomic E-state index is 13.4. The van der Waals surface area contributed by atoms with E-state index in [1.165, 1.54) is 28.7 Å². The van der Waals surface area contributed by atoms with E-state index >= 15 is 0 Å². The molecule has 3 amide bonds. The van der Waals surface area contributed by atoms with Gasteiger partial charge in [-0.25, -0.2) is 18.9 Å². The molecule has 1 aliphatic rings. The van der Waals surface area contributed by atoms with Gasteiger partial charge in [0.2, 0.25) is 0 Å². The third-order valence-electron chi connectivity index (χ3n) is 5.21. The van der Waals surface area contributed by atoms with Crippen molar-refractivity contribution in [3.63, 3.8) is 0 Å². The van der Waals surface area contributed by atoms with Gasteiger partial charge in [0.15, 0.2) is 0 Å². The molecule has 0 aromatic heterocycles. The Hall–Kier alpha value is -3.13. The summed E-state index contributed by atoms with van der Waals surface area (Å²) in [6.07, 6.45) is 0.922. The van der Waals surface area contributed by atoms with Crippen molar-refractivity contribution in [2.75, 3.05) is 25.0 Å². The second-order valence-electron chi connectivity index (χ2n) is 7.42. The highest BCUT2D eigenvalue weighted by Crippen LogP contribution is 2.19. The molecule has 0 unspecified atom stereocenters. The lowest BCUT2D eigenvalue weighted by Gasteiger charge is -2.35. The summed E-state index contributed by atoms with van der Waals surface area (Å²) in [5, 5.41) is 12.9. The molecule has 160 valence electrons. The number of nitrogens with one attached hydrogen (secondary N) is 1. The zero-order valence-electron chi connectivity index (χ0n) is 16.8. The number of amides is 3. The number of carboxylic acid groups (broad SMARTS) is 1. The summed E-state index contributed by atoms with van der Waals surface area (Å²) in [5.41, 5.74) is 8.20. The molecule has 0 aliphatic carbocycles. The molecule has 30 heavy (non-hydrogen) atoms. The summed E-state index contributed by atoms with van der Waals surface area (Å²) in [5.74, 6) is -0.465. The van der Waals surface area contributed by atoms with E-state index in [0.29, 0.717) is 38.0 Å². The zero-order valence-corrected chi connectivity index (χ0v) is 16.8. The normalized spacial score (nSPS) is 14.4. The number of imide groups is 1. The molecule has 1 heterocycles. The summed E-state index contributed by atoms with van der Waals surface area (Å²) in [6.45, 7) is 1.34. The van der Waals surface area contributed by atoms with Crippen LogP contribution in [0.5, 0.6) is 0 Å². The van der Waals surface area contributed by atoms with E-state index in [0.717, 1.165) is 17.0 Å². The maximum absolute atomic E-state index is 13.4. The molecule has 3 rings (SSSR count). The number of likely N-dealkylation sites (tertiary alicyclic amines) is 1. The summed E-state index contributed by atoms with van der Waals surface area (Å²) in [6, 6.07) is 13.4. The molecule has 1 fully saturated rings. The van der Waals surface area contributed by atoms with Gasteiger partial charge < -0.3 is 21.1 Å². The van der Waals surface area contributed by atoms with Gasteiger partial charge in [0.05, 0.1) is 6.54 Å². The van der Waals surface area contributed by atoms with Gasteiger partial charge in [-0.05, 0) is 61.2 Å². The Balaban J connectivity index is 1.54. The van der Waals surface area contributed by atoms with Crippen molar-refractivity contribution in [1.82, 2.24) is 9.80 Å². The van der Waals surface area contributed by atoms with Crippen LogP contribution in [-0.2, 0) is 13.0 Å². The van der Waals surface area contributed by atoms with Crippen LogP contribution in [-0.4, -0.2) is 52.7 Å². The number of rotatable bonds is 6. The van der Waals surface area contributed by atoms with E-state index in [9.17, 15) is 19.1 Å². The lowest BCUT2D eigenvalue weighted by Crippen LogP contribution is -2.49. The number of urea groups is 1. The number of halogens is 1. The fraction of sp³-hybridized carbons (Fsp3) is 0.364. The average molecular weight is 414 g/mol. The molecule has 0 atom stereocenters. The van der Waals surface area contributed by atoms with E-state index in [-0.39, 0.29) is 12.6 Å². The molecule has 0 bridgehead atoms. The summed E-state index contributed by atoms with van der Waals surface area (Å²) >= 11 is 0. The SMILES string of the molecule is NCCc1ccc(NC2CCN(C(=O)N(Cc3cccc(F)c3)C(=O)O)CC2)cc1. The van der Waals surface area contributed by atoms with Crippen molar-refractivity contribution in [2.24, 2.45) is 5.73 Å². The third kappa shape index (κ3) is 5.70. The second-order valence-corrected chi connectivity index (χ2v) is 7.42. The highest BCUT2D eigenvalue weighted by molar-refractivity contribution is 5.90. The van der Waals surface area contributed by atoms with Crippen molar-refractivity contribution < 1.29 is 19.1 Å². The summed E-state index contributed by atoms with van der Waals surface area (Å²) < 4.78 is 13.4. The first-order valence-corrected chi connectivity index (χ1v) is 10.1. The third-order valence-corrected chi connectivity index (χ3v) is 5.21. The number of carbonyl (C=O) groups is 2. The van der Waals surface area contributed by atoms with Crippen molar-refractivity contribution in [2.45, 2.75) is 31.8 Å².